The van der Waals surface area contributed by atoms with Gasteiger partial charge in [0.15, 0.2) is 18.1 Å². The van der Waals surface area contributed by atoms with Crippen molar-refractivity contribution in [2.75, 3.05) is 26.2 Å². The molecule has 0 radical (unpaired) electrons. The van der Waals surface area contributed by atoms with E-state index in [-0.39, 0.29) is 5.69 Å². The summed E-state index contributed by atoms with van der Waals surface area (Å²) in [6, 6.07) is 10.8. The first-order chi connectivity index (χ1) is 16.7. The van der Waals surface area contributed by atoms with Gasteiger partial charge in [0.2, 0.25) is 0 Å². The van der Waals surface area contributed by atoms with Gasteiger partial charge in [0.25, 0.3) is 5.69 Å². The summed E-state index contributed by atoms with van der Waals surface area (Å²) in [5.41, 5.74) is 0.466. The Labute approximate surface area is 202 Å². The van der Waals surface area contributed by atoms with E-state index in [0.717, 1.165) is 5.56 Å². The van der Waals surface area contributed by atoms with Crippen molar-refractivity contribution in [2.45, 2.75) is 50.0 Å². The third-order valence-electron chi connectivity index (χ3n) is 6.57. The van der Waals surface area contributed by atoms with Crippen LogP contribution in [0.4, 0.5) is 16.2 Å². The zero-order valence-corrected chi connectivity index (χ0v) is 19.9. The Bertz CT molecular complexity index is 1110. The lowest BCUT2D eigenvalue weighted by Gasteiger charge is -2.52. The van der Waals surface area contributed by atoms with Crippen LogP contribution >= 0.6 is 0 Å². The number of aliphatic hydroxyl groups excluding tert-OH is 1. The third kappa shape index (κ3) is 4.26. The van der Waals surface area contributed by atoms with Crippen molar-refractivity contribution in [1.82, 2.24) is 0 Å². The molecule has 11 heteroatoms. The first-order valence-electron chi connectivity index (χ1n) is 11.1. The van der Waals surface area contributed by atoms with Crippen LogP contribution in [0.5, 0.6) is 5.75 Å². The molecule has 0 aromatic heterocycles. The van der Waals surface area contributed by atoms with Gasteiger partial charge >= 0.3 is 6.16 Å². The fourth-order valence-electron chi connectivity index (χ4n) is 4.96. The van der Waals surface area contributed by atoms with Gasteiger partial charge in [-0.3, -0.25) is 10.1 Å². The van der Waals surface area contributed by atoms with Crippen LogP contribution in [-0.2, 0) is 25.4 Å². The van der Waals surface area contributed by atoms with Gasteiger partial charge in [0.1, 0.15) is 11.9 Å². The molecule has 2 heterocycles. The molecule has 35 heavy (non-hydrogen) atoms. The number of aliphatic hydroxyl groups is 1. The lowest BCUT2D eigenvalue weighted by molar-refractivity contribution is -0.385. The molecule has 188 valence electrons. The van der Waals surface area contributed by atoms with Crippen molar-refractivity contribution >= 4 is 17.5 Å². The molecule has 2 aliphatic heterocycles. The molecule has 1 N–H and O–H groups in total. The quantitative estimate of drug-likeness (QED) is 0.280. The van der Waals surface area contributed by atoms with E-state index in [4.69, 9.17) is 23.7 Å². The predicted octanol–water partition coefficient (Wildman–Crippen LogP) is 3.33. The predicted molar refractivity (Wildman–Crippen MR) is 123 cm³/mol. The fourth-order valence-corrected chi connectivity index (χ4v) is 4.96. The summed E-state index contributed by atoms with van der Waals surface area (Å²) >= 11 is 0. The van der Waals surface area contributed by atoms with Crippen molar-refractivity contribution in [1.29, 1.82) is 0 Å². The van der Waals surface area contributed by atoms with E-state index in [2.05, 4.69) is 0 Å². The number of methoxy groups -OCH3 is 3. The van der Waals surface area contributed by atoms with Gasteiger partial charge in [-0.25, -0.2) is 4.79 Å². The number of anilines is 1. The van der Waals surface area contributed by atoms with Crippen LogP contribution in [0, 0.1) is 10.1 Å². The number of nitro benzene ring substituents is 1. The summed E-state index contributed by atoms with van der Waals surface area (Å²) in [5, 5.41) is 23.4. The Hall–Kier alpha value is -3.41. The van der Waals surface area contributed by atoms with Crippen LogP contribution in [0.3, 0.4) is 0 Å². The number of hydrogen-bond acceptors (Lipinski definition) is 10. The first-order valence-corrected chi connectivity index (χ1v) is 11.1. The van der Waals surface area contributed by atoms with Gasteiger partial charge in [-0.1, -0.05) is 18.2 Å². The van der Waals surface area contributed by atoms with Gasteiger partial charge < -0.3 is 33.7 Å². The molecule has 11 nitrogen and oxygen atoms in total. The molecular weight excluding hydrogens is 460 g/mol. The van der Waals surface area contributed by atoms with Gasteiger partial charge in [-0.15, -0.1) is 0 Å². The summed E-state index contributed by atoms with van der Waals surface area (Å²) in [7, 11) is 4.06. The first kappa shape index (κ1) is 24.7. The average Bonchev–Trinajstić information content (AvgIpc) is 2.85. The van der Waals surface area contributed by atoms with Gasteiger partial charge in [-0.05, 0) is 31.0 Å². The second-order valence-electron chi connectivity index (χ2n) is 8.56. The maximum absolute atomic E-state index is 12.1. The van der Waals surface area contributed by atoms with Crippen LogP contribution < -0.4 is 9.64 Å². The SMILES string of the molecule is COC(=O)O[C@H]1CCc2ccccc2N1[C@H]1c2cc([N+](=O)[O-])ccc2O[C@](C)(C(OC)OC)[C@@H]1O. The Morgan fingerprint density at radius 3 is 2.60 bits per heavy atom. The number of fused-ring (bicyclic) bond motifs is 2. The molecule has 0 amide bonds. The maximum Gasteiger partial charge on any atom is 0.509 e. The minimum Gasteiger partial charge on any atom is -0.479 e. The molecule has 0 aliphatic carbocycles. The number of hydrogen-bond donors (Lipinski definition) is 1. The Balaban J connectivity index is 1.94. The van der Waals surface area contributed by atoms with Crippen LogP contribution in [0.25, 0.3) is 0 Å². The van der Waals surface area contributed by atoms with Crippen molar-refractivity contribution in [3.63, 3.8) is 0 Å². The second-order valence-corrected chi connectivity index (χ2v) is 8.56. The molecule has 0 bridgehead atoms. The number of ether oxygens (including phenoxy) is 5. The highest BCUT2D eigenvalue weighted by Crippen LogP contribution is 2.49. The van der Waals surface area contributed by atoms with Gasteiger partial charge in [0, 0.05) is 44.0 Å². The summed E-state index contributed by atoms with van der Waals surface area (Å²) in [6.45, 7) is 1.64. The molecule has 4 rings (SSSR count). The van der Waals surface area contributed by atoms with E-state index in [1.807, 2.05) is 24.3 Å². The zero-order chi connectivity index (χ0) is 25.3. The molecule has 0 unspecified atom stereocenters. The number of aryl methyl sites for hydroxylation is 1. The van der Waals surface area contributed by atoms with E-state index in [1.165, 1.54) is 39.5 Å². The topological polar surface area (TPSA) is 130 Å². The van der Waals surface area contributed by atoms with Crippen LogP contribution in [-0.4, -0.2) is 61.7 Å². The van der Waals surface area contributed by atoms with Crippen LogP contribution in [0.2, 0.25) is 0 Å². The van der Waals surface area contributed by atoms with Crippen LogP contribution in [0.15, 0.2) is 42.5 Å². The van der Waals surface area contributed by atoms with E-state index in [1.54, 1.807) is 11.8 Å². The van der Waals surface area contributed by atoms with Crippen LogP contribution in [0.1, 0.15) is 30.5 Å². The molecule has 0 saturated heterocycles. The summed E-state index contributed by atoms with van der Waals surface area (Å²) in [6.07, 6.45) is -2.98. The van der Waals surface area contributed by atoms with E-state index < -0.39 is 41.3 Å². The lowest BCUT2D eigenvalue weighted by atomic mass is 9.82. The molecule has 4 atom stereocenters. The number of nitro groups is 1. The molecule has 0 spiro atoms. The lowest BCUT2D eigenvalue weighted by Crippen LogP contribution is -2.63. The second kappa shape index (κ2) is 9.68. The number of non-ortho nitro benzene ring substituents is 1. The molecule has 0 saturated carbocycles. The summed E-state index contributed by atoms with van der Waals surface area (Å²) < 4.78 is 27.4. The largest absolute Gasteiger partial charge is 0.509 e. The standard InChI is InChI=1S/C24H28N2O9/c1-24(22(31-2)32-3)21(27)20(16-13-15(26(29)30)10-11-18(16)35-24)25-17-8-6-5-7-14(17)9-12-19(25)34-23(28)33-4/h5-8,10-11,13,19-22,27H,9,12H2,1-4H3/t19-,20-,21+,24-/m0/s1. The number of rotatable bonds is 6. The third-order valence-corrected chi connectivity index (χ3v) is 6.57. The molecule has 2 aromatic rings. The minimum absolute atomic E-state index is 0.168. The van der Waals surface area contributed by atoms with Crippen molar-refractivity contribution in [2.24, 2.45) is 0 Å². The molecular formula is C24H28N2O9. The highest BCUT2D eigenvalue weighted by molar-refractivity contribution is 5.64. The number of para-hydroxylation sites is 1. The average molecular weight is 488 g/mol. The molecule has 0 fully saturated rings. The Morgan fingerprint density at radius 1 is 1.23 bits per heavy atom. The van der Waals surface area contributed by atoms with Gasteiger partial charge in [-0.2, -0.15) is 0 Å². The van der Waals surface area contributed by atoms with Crippen molar-refractivity contribution < 1.29 is 38.5 Å². The highest BCUT2D eigenvalue weighted by atomic mass is 16.7. The zero-order valence-electron chi connectivity index (χ0n) is 19.9. The summed E-state index contributed by atoms with van der Waals surface area (Å²) in [5.74, 6) is 0.312. The van der Waals surface area contributed by atoms with E-state index >= 15 is 0 Å². The smallest absolute Gasteiger partial charge is 0.479 e. The Kier molecular flexibility index (Phi) is 6.84. The monoisotopic (exact) mass is 488 g/mol. The normalized spacial score (nSPS) is 25.3. The maximum atomic E-state index is 12.1. The number of carbonyl (C=O) groups is 1. The Morgan fingerprint density at radius 2 is 1.94 bits per heavy atom. The molecule has 2 aromatic carbocycles. The number of benzene rings is 2. The van der Waals surface area contributed by atoms with Crippen molar-refractivity contribution in [3.8, 4) is 5.75 Å². The highest BCUT2D eigenvalue weighted by Gasteiger charge is 2.55. The van der Waals surface area contributed by atoms with Gasteiger partial charge in [0.05, 0.1) is 18.1 Å². The van der Waals surface area contributed by atoms with Crippen molar-refractivity contribution in [3.05, 3.63) is 63.7 Å². The minimum atomic E-state index is -1.42. The van der Waals surface area contributed by atoms with E-state index in [9.17, 15) is 20.0 Å². The van der Waals surface area contributed by atoms with E-state index in [0.29, 0.717) is 29.8 Å². The summed E-state index contributed by atoms with van der Waals surface area (Å²) in [4.78, 5) is 25.0. The number of nitrogens with zero attached hydrogens (tertiary/aromatic N) is 2. The number of carbonyl (C=O) groups excluding carboxylic acids is 1. The molecule has 2 aliphatic rings. The fraction of sp³-hybridized carbons (Fsp3) is 0.458.